The van der Waals surface area contributed by atoms with Crippen LogP contribution in [0.15, 0.2) is 35.4 Å². The van der Waals surface area contributed by atoms with Gasteiger partial charge in [0.15, 0.2) is 5.50 Å². The van der Waals surface area contributed by atoms with Crippen molar-refractivity contribution in [2.75, 3.05) is 17.7 Å². The van der Waals surface area contributed by atoms with E-state index in [1.165, 1.54) is 22.3 Å². The highest BCUT2D eigenvalue weighted by molar-refractivity contribution is 8.04. The van der Waals surface area contributed by atoms with E-state index in [1.54, 1.807) is 18.3 Å². The zero-order chi connectivity index (χ0) is 17.9. The van der Waals surface area contributed by atoms with Crippen molar-refractivity contribution in [3.8, 4) is 6.07 Å². The summed E-state index contributed by atoms with van der Waals surface area (Å²) in [5.41, 5.74) is 1.18. The van der Waals surface area contributed by atoms with Crippen LogP contribution in [0.5, 0.6) is 0 Å². The van der Waals surface area contributed by atoms with E-state index < -0.39 is 10.0 Å². The van der Waals surface area contributed by atoms with Crippen LogP contribution in [-0.4, -0.2) is 31.0 Å². The van der Waals surface area contributed by atoms with Gasteiger partial charge in [-0.1, -0.05) is 32.0 Å². The highest BCUT2D eigenvalue weighted by Crippen LogP contribution is 2.38. The Morgan fingerprint density at radius 2 is 2.00 bits per heavy atom. The van der Waals surface area contributed by atoms with Gasteiger partial charge in [-0.05, 0) is 37.1 Å². The SMILES string of the molecule is CCC(C)CN(c1ccc(C#N)cc1)C1SC(C)=CN1S(C)(=O)=O. The summed E-state index contributed by atoms with van der Waals surface area (Å²) in [4.78, 5) is 3.07. The van der Waals surface area contributed by atoms with Crippen molar-refractivity contribution in [2.45, 2.75) is 32.7 Å². The summed E-state index contributed by atoms with van der Waals surface area (Å²) in [5, 5.41) is 8.98. The van der Waals surface area contributed by atoms with Gasteiger partial charge in [-0.3, -0.25) is 0 Å². The molecule has 0 spiro atoms. The molecule has 2 unspecified atom stereocenters. The van der Waals surface area contributed by atoms with Gasteiger partial charge in [-0.25, -0.2) is 12.7 Å². The normalized spacial score (nSPS) is 18.9. The summed E-state index contributed by atoms with van der Waals surface area (Å²) in [6.45, 7) is 6.94. The van der Waals surface area contributed by atoms with Crippen LogP contribution >= 0.6 is 11.8 Å². The number of rotatable bonds is 6. The monoisotopic (exact) mass is 365 g/mol. The van der Waals surface area contributed by atoms with Gasteiger partial charge in [-0.2, -0.15) is 5.26 Å². The lowest BCUT2D eigenvalue weighted by Gasteiger charge is -2.37. The largest absolute Gasteiger partial charge is 0.341 e. The molecule has 0 aliphatic carbocycles. The first-order valence-electron chi connectivity index (χ1n) is 7.86. The molecule has 5 nitrogen and oxygen atoms in total. The van der Waals surface area contributed by atoms with E-state index in [0.29, 0.717) is 11.5 Å². The number of hydrogen-bond acceptors (Lipinski definition) is 5. The minimum absolute atomic E-state index is 0.332. The molecule has 0 amide bonds. The summed E-state index contributed by atoms with van der Waals surface area (Å²) in [7, 11) is -3.35. The number of hydrogen-bond donors (Lipinski definition) is 0. The Labute approximate surface area is 149 Å². The van der Waals surface area contributed by atoms with Crippen molar-refractivity contribution in [1.29, 1.82) is 5.26 Å². The molecule has 1 aromatic carbocycles. The lowest BCUT2D eigenvalue weighted by molar-refractivity contribution is 0.448. The maximum Gasteiger partial charge on any atom is 0.234 e. The Balaban J connectivity index is 2.40. The first kappa shape index (κ1) is 18.7. The highest BCUT2D eigenvalue weighted by atomic mass is 32.2. The summed E-state index contributed by atoms with van der Waals surface area (Å²) in [6.07, 6.45) is 3.93. The summed E-state index contributed by atoms with van der Waals surface area (Å²) in [5.74, 6) is 0.420. The Morgan fingerprint density at radius 1 is 1.38 bits per heavy atom. The Kier molecular flexibility index (Phi) is 5.83. The molecule has 0 fully saturated rings. The Morgan fingerprint density at radius 3 is 2.50 bits per heavy atom. The van der Waals surface area contributed by atoms with E-state index >= 15 is 0 Å². The van der Waals surface area contributed by atoms with Crippen LogP contribution in [0, 0.1) is 17.2 Å². The molecule has 24 heavy (non-hydrogen) atoms. The van der Waals surface area contributed by atoms with E-state index in [2.05, 4.69) is 24.8 Å². The standard InChI is InChI=1S/C17H23N3O2S2/c1-5-13(2)11-19(16-8-6-15(10-18)7-9-16)17-20(24(4,21)22)12-14(3)23-17/h6-9,12-13,17H,5,11H2,1-4H3. The summed E-state index contributed by atoms with van der Waals surface area (Å²) < 4.78 is 25.8. The van der Waals surface area contributed by atoms with E-state index in [4.69, 9.17) is 5.26 Å². The number of anilines is 1. The van der Waals surface area contributed by atoms with Gasteiger partial charge in [-0.15, -0.1) is 0 Å². The number of sulfonamides is 1. The van der Waals surface area contributed by atoms with Crippen LogP contribution in [0.2, 0.25) is 0 Å². The Bertz CT molecular complexity index is 751. The zero-order valence-electron chi connectivity index (χ0n) is 14.4. The zero-order valence-corrected chi connectivity index (χ0v) is 16.1. The molecule has 0 saturated carbocycles. The molecule has 1 aliphatic rings. The van der Waals surface area contributed by atoms with Crippen LogP contribution in [-0.2, 0) is 10.0 Å². The van der Waals surface area contributed by atoms with Crippen molar-refractivity contribution in [3.05, 3.63) is 40.9 Å². The van der Waals surface area contributed by atoms with Gasteiger partial charge in [0.1, 0.15) is 0 Å². The molecule has 1 aromatic rings. The fourth-order valence-corrected chi connectivity index (χ4v) is 4.93. The van der Waals surface area contributed by atoms with Gasteiger partial charge in [0, 0.05) is 23.3 Å². The van der Waals surface area contributed by atoms with Crippen molar-refractivity contribution in [1.82, 2.24) is 4.31 Å². The molecule has 2 atom stereocenters. The predicted molar refractivity (Wildman–Crippen MR) is 99.8 cm³/mol. The molecule has 0 saturated heterocycles. The average Bonchev–Trinajstić information content (AvgIpc) is 2.94. The second-order valence-electron chi connectivity index (χ2n) is 6.10. The smallest absolute Gasteiger partial charge is 0.234 e. The third kappa shape index (κ3) is 4.25. The molecule has 1 aliphatic heterocycles. The quantitative estimate of drug-likeness (QED) is 0.771. The molecule has 2 rings (SSSR count). The van der Waals surface area contributed by atoms with Crippen molar-refractivity contribution < 1.29 is 8.42 Å². The first-order valence-corrected chi connectivity index (χ1v) is 10.6. The topological polar surface area (TPSA) is 64.4 Å². The highest BCUT2D eigenvalue weighted by Gasteiger charge is 2.35. The van der Waals surface area contributed by atoms with Crippen molar-refractivity contribution in [3.63, 3.8) is 0 Å². The fraction of sp³-hybridized carbons (Fsp3) is 0.471. The lowest BCUT2D eigenvalue weighted by atomic mass is 10.1. The number of allylic oxidation sites excluding steroid dienone is 1. The van der Waals surface area contributed by atoms with Crippen LogP contribution in [0.1, 0.15) is 32.8 Å². The molecule has 0 radical (unpaired) electrons. The van der Waals surface area contributed by atoms with Crippen molar-refractivity contribution >= 4 is 27.5 Å². The number of benzene rings is 1. The maximum atomic E-state index is 12.2. The van der Waals surface area contributed by atoms with Crippen LogP contribution < -0.4 is 4.90 Å². The van der Waals surface area contributed by atoms with E-state index in [9.17, 15) is 8.42 Å². The van der Waals surface area contributed by atoms with Crippen LogP contribution in [0.4, 0.5) is 5.69 Å². The molecule has 0 bridgehead atoms. The molecular weight excluding hydrogens is 342 g/mol. The van der Waals surface area contributed by atoms with Gasteiger partial charge in [0.2, 0.25) is 10.0 Å². The van der Waals surface area contributed by atoms with Gasteiger partial charge in [0.25, 0.3) is 0 Å². The summed E-state index contributed by atoms with van der Waals surface area (Å²) >= 11 is 1.53. The fourth-order valence-electron chi connectivity index (χ4n) is 2.47. The predicted octanol–water partition coefficient (Wildman–Crippen LogP) is 3.56. The third-order valence-corrected chi connectivity index (χ3v) is 6.38. The van der Waals surface area contributed by atoms with Gasteiger partial charge in [0.05, 0.1) is 17.9 Å². The third-order valence-electron chi connectivity index (χ3n) is 4.00. The van der Waals surface area contributed by atoms with Gasteiger partial charge >= 0.3 is 0 Å². The second-order valence-corrected chi connectivity index (χ2v) is 9.29. The molecule has 130 valence electrons. The minimum atomic E-state index is -3.35. The number of nitrogens with zero attached hydrogens (tertiary/aromatic N) is 3. The summed E-state index contributed by atoms with van der Waals surface area (Å²) in [6, 6.07) is 9.42. The number of nitriles is 1. The molecular formula is C17H23N3O2S2. The van der Waals surface area contributed by atoms with E-state index in [0.717, 1.165) is 23.6 Å². The van der Waals surface area contributed by atoms with E-state index in [1.807, 2.05) is 19.1 Å². The molecule has 0 N–H and O–H groups in total. The van der Waals surface area contributed by atoms with Crippen molar-refractivity contribution in [2.24, 2.45) is 5.92 Å². The van der Waals surface area contributed by atoms with Crippen LogP contribution in [0.3, 0.4) is 0 Å². The Hall–Kier alpha value is -1.65. The molecule has 0 aromatic heterocycles. The van der Waals surface area contributed by atoms with E-state index in [-0.39, 0.29) is 5.50 Å². The lowest BCUT2D eigenvalue weighted by Crippen LogP contribution is -2.46. The second kappa shape index (κ2) is 7.49. The number of thioether (sulfide) groups is 1. The average molecular weight is 366 g/mol. The molecule has 1 heterocycles. The minimum Gasteiger partial charge on any atom is -0.341 e. The first-order chi connectivity index (χ1) is 11.3. The van der Waals surface area contributed by atoms with Gasteiger partial charge < -0.3 is 4.90 Å². The van der Waals surface area contributed by atoms with Crippen LogP contribution in [0.25, 0.3) is 0 Å². The molecule has 7 heteroatoms. The maximum absolute atomic E-state index is 12.2.